The third-order valence-corrected chi connectivity index (χ3v) is 5.97. The van der Waals surface area contributed by atoms with Gasteiger partial charge in [-0.25, -0.2) is 0 Å². The van der Waals surface area contributed by atoms with Crippen molar-refractivity contribution in [3.63, 3.8) is 0 Å². The van der Waals surface area contributed by atoms with E-state index in [2.05, 4.69) is 4.57 Å². The standard InChI is InChI=1S/C24H24ClN3O2/c1-17-20(24(30)27-14-12-26(13-15-27)18(2)29)16-23(19-8-4-3-5-9-19)28(17)22-11-7-6-10-21(22)25/h3-11,16H,12-15H2,1-2H3. The maximum Gasteiger partial charge on any atom is 0.255 e. The van der Waals surface area contributed by atoms with Crippen molar-refractivity contribution < 1.29 is 9.59 Å². The number of hydrogen-bond acceptors (Lipinski definition) is 2. The molecule has 0 saturated carbocycles. The van der Waals surface area contributed by atoms with Gasteiger partial charge in [-0.05, 0) is 30.7 Å². The van der Waals surface area contributed by atoms with Crippen LogP contribution in [0.5, 0.6) is 0 Å². The zero-order valence-corrected chi connectivity index (χ0v) is 17.9. The molecule has 30 heavy (non-hydrogen) atoms. The Morgan fingerprint density at radius 3 is 2.10 bits per heavy atom. The summed E-state index contributed by atoms with van der Waals surface area (Å²) in [6, 6.07) is 19.6. The number of halogens is 1. The molecule has 0 spiro atoms. The van der Waals surface area contributed by atoms with Crippen LogP contribution in [0.25, 0.3) is 16.9 Å². The number of amides is 2. The highest BCUT2D eigenvalue weighted by molar-refractivity contribution is 6.32. The quantitative estimate of drug-likeness (QED) is 0.628. The Labute approximate surface area is 181 Å². The molecule has 3 aromatic rings. The molecule has 0 unspecified atom stereocenters. The molecule has 1 fully saturated rings. The van der Waals surface area contributed by atoms with Crippen molar-refractivity contribution in [2.24, 2.45) is 0 Å². The van der Waals surface area contributed by atoms with Crippen LogP contribution in [0.4, 0.5) is 0 Å². The first kappa shape index (κ1) is 20.2. The lowest BCUT2D eigenvalue weighted by molar-refractivity contribution is -0.130. The molecule has 6 heteroatoms. The largest absolute Gasteiger partial charge is 0.339 e. The maximum atomic E-state index is 13.4. The minimum absolute atomic E-state index is 0.0151. The number of aromatic nitrogens is 1. The predicted octanol–water partition coefficient (Wildman–Crippen LogP) is 4.41. The van der Waals surface area contributed by atoms with Gasteiger partial charge in [0.1, 0.15) is 0 Å². The molecule has 0 radical (unpaired) electrons. The Balaban J connectivity index is 1.76. The second-order valence-corrected chi connectivity index (χ2v) is 7.89. The van der Waals surface area contributed by atoms with Crippen LogP contribution < -0.4 is 0 Å². The Hall–Kier alpha value is -3.05. The van der Waals surface area contributed by atoms with Gasteiger partial charge < -0.3 is 14.4 Å². The minimum atomic E-state index is -0.0151. The minimum Gasteiger partial charge on any atom is -0.339 e. The molecule has 0 aliphatic carbocycles. The van der Waals surface area contributed by atoms with Crippen LogP contribution in [-0.2, 0) is 4.79 Å². The van der Waals surface area contributed by atoms with Gasteiger partial charge in [0.15, 0.2) is 0 Å². The number of carbonyl (C=O) groups excluding carboxylic acids is 2. The van der Waals surface area contributed by atoms with Gasteiger partial charge in [0.2, 0.25) is 5.91 Å². The van der Waals surface area contributed by atoms with E-state index < -0.39 is 0 Å². The van der Waals surface area contributed by atoms with Gasteiger partial charge in [0.05, 0.1) is 22.0 Å². The molecular formula is C24H24ClN3O2. The van der Waals surface area contributed by atoms with E-state index in [0.717, 1.165) is 22.6 Å². The van der Waals surface area contributed by atoms with Gasteiger partial charge in [-0.15, -0.1) is 0 Å². The third-order valence-electron chi connectivity index (χ3n) is 5.65. The van der Waals surface area contributed by atoms with Crippen LogP contribution in [0.15, 0.2) is 60.7 Å². The maximum absolute atomic E-state index is 13.4. The lowest BCUT2D eigenvalue weighted by Crippen LogP contribution is -2.50. The van der Waals surface area contributed by atoms with E-state index in [1.165, 1.54) is 0 Å². The summed E-state index contributed by atoms with van der Waals surface area (Å²) in [6.07, 6.45) is 0. The molecule has 1 aliphatic rings. The van der Waals surface area contributed by atoms with E-state index in [0.29, 0.717) is 36.8 Å². The Kier molecular flexibility index (Phi) is 5.64. The zero-order chi connectivity index (χ0) is 21.3. The number of para-hydroxylation sites is 1. The number of carbonyl (C=O) groups is 2. The fraction of sp³-hybridized carbons (Fsp3) is 0.250. The van der Waals surface area contributed by atoms with Gasteiger partial charge >= 0.3 is 0 Å². The average molecular weight is 422 g/mol. The molecule has 1 aliphatic heterocycles. The summed E-state index contributed by atoms with van der Waals surface area (Å²) in [7, 11) is 0. The van der Waals surface area contributed by atoms with E-state index in [1.807, 2.05) is 72.5 Å². The Morgan fingerprint density at radius 2 is 1.47 bits per heavy atom. The highest BCUT2D eigenvalue weighted by Gasteiger charge is 2.27. The van der Waals surface area contributed by atoms with Crippen LogP contribution in [-0.4, -0.2) is 52.4 Å². The molecule has 5 nitrogen and oxygen atoms in total. The molecule has 2 aromatic carbocycles. The van der Waals surface area contributed by atoms with Crippen LogP contribution in [0.2, 0.25) is 5.02 Å². The van der Waals surface area contributed by atoms with Crippen LogP contribution >= 0.6 is 11.6 Å². The van der Waals surface area contributed by atoms with Gasteiger partial charge in [0, 0.05) is 38.8 Å². The fourth-order valence-corrected chi connectivity index (χ4v) is 4.20. The summed E-state index contributed by atoms with van der Waals surface area (Å²) in [4.78, 5) is 28.6. The first-order valence-electron chi connectivity index (χ1n) is 10.0. The second-order valence-electron chi connectivity index (χ2n) is 7.48. The predicted molar refractivity (Wildman–Crippen MR) is 119 cm³/mol. The van der Waals surface area contributed by atoms with Gasteiger partial charge in [-0.1, -0.05) is 54.1 Å². The zero-order valence-electron chi connectivity index (χ0n) is 17.1. The molecule has 0 N–H and O–H groups in total. The van der Waals surface area contributed by atoms with E-state index in [-0.39, 0.29) is 11.8 Å². The Bertz CT molecular complexity index is 1080. The molecule has 154 valence electrons. The van der Waals surface area contributed by atoms with E-state index >= 15 is 0 Å². The molecule has 0 atom stereocenters. The van der Waals surface area contributed by atoms with Gasteiger partial charge in [0.25, 0.3) is 5.91 Å². The SMILES string of the molecule is CC(=O)N1CCN(C(=O)c2cc(-c3ccccc3)n(-c3ccccc3Cl)c2C)CC1. The van der Waals surface area contributed by atoms with Crippen molar-refractivity contribution in [2.45, 2.75) is 13.8 Å². The number of rotatable bonds is 3. The van der Waals surface area contributed by atoms with Crippen molar-refractivity contribution in [2.75, 3.05) is 26.2 Å². The summed E-state index contributed by atoms with van der Waals surface area (Å²) in [5.41, 5.74) is 4.29. The van der Waals surface area contributed by atoms with Crippen LogP contribution in [0.3, 0.4) is 0 Å². The van der Waals surface area contributed by atoms with Crippen LogP contribution in [0, 0.1) is 6.92 Å². The van der Waals surface area contributed by atoms with E-state index in [1.54, 1.807) is 11.8 Å². The van der Waals surface area contributed by atoms with Crippen molar-refractivity contribution in [3.05, 3.63) is 76.9 Å². The van der Waals surface area contributed by atoms with Crippen molar-refractivity contribution in [3.8, 4) is 16.9 Å². The lowest BCUT2D eigenvalue weighted by atomic mass is 10.1. The summed E-state index contributed by atoms with van der Waals surface area (Å²) in [5, 5.41) is 0.627. The molecule has 1 saturated heterocycles. The Morgan fingerprint density at radius 1 is 0.867 bits per heavy atom. The summed E-state index contributed by atoms with van der Waals surface area (Å²) >= 11 is 6.52. The molecule has 0 bridgehead atoms. The molecule has 2 heterocycles. The number of nitrogens with zero attached hydrogens (tertiary/aromatic N) is 3. The first-order chi connectivity index (χ1) is 14.5. The lowest BCUT2D eigenvalue weighted by Gasteiger charge is -2.34. The van der Waals surface area contributed by atoms with Gasteiger partial charge in [-0.3, -0.25) is 9.59 Å². The monoisotopic (exact) mass is 421 g/mol. The third kappa shape index (κ3) is 3.73. The molecule has 2 amide bonds. The summed E-state index contributed by atoms with van der Waals surface area (Å²) in [6.45, 7) is 5.73. The first-order valence-corrected chi connectivity index (χ1v) is 10.4. The molecular weight excluding hydrogens is 398 g/mol. The highest BCUT2D eigenvalue weighted by Crippen LogP contribution is 2.33. The smallest absolute Gasteiger partial charge is 0.255 e. The topological polar surface area (TPSA) is 45.6 Å². The average Bonchev–Trinajstić information content (AvgIpc) is 3.11. The number of piperazine rings is 1. The van der Waals surface area contributed by atoms with E-state index in [9.17, 15) is 9.59 Å². The second kappa shape index (κ2) is 8.36. The van der Waals surface area contributed by atoms with Crippen molar-refractivity contribution >= 4 is 23.4 Å². The summed E-state index contributed by atoms with van der Waals surface area (Å²) < 4.78 is 2.05. The number of benzene rings is 2. The van der Waals surface area contributed by atoms with Crippen molar-refractivity contribution in [1.29, 1.82) is 0 Å². The number of hydrogen-bond donors (Lipinski definition) is 0. The molecule has 1 aromatic heterocycles. The van der Waals surface area contributed by atoms with Crippen LogP contribution in [0.1, 0.15) is 23.0 Å². The van der Waals surface area contributed by atoms with E-state index in [4.69, 9.17) is 11.6 Å². The molecule has 4 rings (SSSR count). The van der Waals surface area contributed by atoms with Crippen molar-refractivity contribution in [1.82, 2.24) is 14.4 Å². The highest BCUT2D eigenvalue weighted by atomic mass is 35.5. The normalized spacial score (nSPS) is 14.1. The summed E-state index contributed by atoms with van der Waals surface area (Å²) in [5.74, 6) is 0.0354. The van der Waals surface area contributed by atoms with Gasteiger partial charge in [-0.2, -0.15) is 0 Å². The fourth-order valence-electron chi connectivity index (χ4n) is 3.98.